The fourth-order valence-electron chi connectivity index (χ4n) is 2.82. The van der Waals surface area contributed by atoms with Crippen molar-refractivity contribution in [3.63, 3.8) is 0 Å². The average Bonchev–Trinajstić information content (AvgIpc) is 3.16. The lowest BCUT2D eigenvalue weighted by atomic mass is 10.1. The van der Waals surface area contributed by atoms with Crippen LogP contribution in [0, 0.1) is 12.7 Å². The molecule has 0 saturated heterocycles. The van der Waals surface area contributed by atoms with E-state index in [2.05, 4.69) is 5.16 Å². The fourth-order valence-corrected chi connectivity index (χ4v) is 2.82. The summed E-state index contributed by atoms with van der Waals surface area (Å²) in [6, 6.07) is 11.5. The van der Waals surface area contributed by atoms with E-state index in [1.54, 1.807) is 18.2 Å². The summed E-state index contributed by atoms with van der Waals surface area (Å²) >= 11 is 0. The number of imide groups is 1. The lowest BCUT2D eigenvalue weighted by molar-refractivity contribution is -0.0585. The van der Waals surface area contributed by atoms with Crippen LogP contribution in [-0.4, -0.2) is 28.0 Å². The Bertz CT molecular complexity index is 1070. The summed E-state index contributed by atoms with van der Waals surface area (Å²) in [6.45, 7) is 1.47. The van der Waals surface area contributed by atoms with Crippen LogP contribution in [0.2, 0.25) is 0 Å². The highest BCUT2D eigenvalue weighted by Gasteiger charge is 2.39. The van der Waals surface area contributed by atoms with Crippen molar-refractivity contribution < 1.29 is 28.1 Å². The van der Waals surface area contributed by atoms with Crippen LogP contribution in [0.15, 0.2) is 53.1 Å². The summed E-state index contributed by atoms with van der Waals surface area (Å²) in [6.07, 6.45) is 0. The third kappa shape index (κ3) is 2.67. The molecule has 1 aromatic heterocycles. The molecule has 2 aromatic carbocycles. The molecule has 0 bridgehead atoms. The Morgan fingerprint density at radius 3 is 2.37 bits per heavy atom. The number of hydrogen-bond donors (Lipinski definition) is 0. The van der Waals surface area contributed by atoms with E-state index in [9.17, 15) is 18.8 Å². The zero-order chi connectivity index (χ0) is 19.1. The van der Waals surface area contributed by atoms with Crippen LogP contribution in [-0.2, 0) is 4.84 Å². The Hall–Kier alpha value is -3.81. The first-order chi connectivity index (χ1) is 13.0. The summed E-state index contributed by atoms with van der Waals surface area (Å²) < 4.78 is 18.5. The Morgan fingerprint density at radius 2 is 1.74 bits per heavy atom. The number of aromatic nitrogens is 1. The fraction of sp³-hybridized carbons (Fsp3) is 0.0526. The molecule has 0 unspecified atom stereocenters. The van der Waals surface area contributed by atoms with Gasteiger partial charge in [-0.15, -0.1) is 0 Å². The van der Waals surface area contributed by atoms with Gasteiger partial charge in [0.1, 0.15) is 22.8 Å². The molecular formula is C19H11FN2O5. The Morgan fingerprint density at radius 1 is 1.07 bits per heavy atom. The van der Waals surface area contributed by atoms with Gasteiger partial charge in [-0.05, 0) is 31.2 Å². The molecule has 1 aliphatic rings. The number of amides is 2. The zero-order valence-electron chi connectivity index (χ0n) is 13.9. The first-order valence-corrected chi connectivity index (χ1v) is 7.89. The maximum atomic E-state index is 13.5. The number of aryl methyl sites for hydroxylation is 1. The molecule has 3 aromatic rings. The molecule has 2 heterocycles. The van der Waals surface area contributed by atoms with Crippen molar-refractivity contribution in [2.75, 3.05) is 0 Å². The normalized spacial score (nSPS) is 13.0. The second kappa shape index (κ2) is 6.17. The summed E-state index contributed by atoms with van der Waals surface area (Å²) in [4.78, 5) is 42.4. The van der Waals surface area contributed by atoms with Crippen LogP contribution in [0.4, 0.5) is 4.39 Å². The van der Waals surface area contributed by atoms with E-state index in [0.717, 1.165) is 0 Å². The Balaban J connectivity index is 1.67. The second-order valence-corrected chi connectivity index (χ2v) is 5.80. The summed E-state index contributed by atoms with van der Waals surface area (Å²) in [5, 5.41) is 4.17. The standard InChI is InChI=1S/C19H11FN2O5/c1-10-15(16(21-26-10)11-5-4-6-12(20)9-11)19(25)27-22-17(23)13-7-2-3-8-14(13)18(22)24/h2-9H,1H3. The lowest BCUT2D eigenvalue weighted by Gasteiger charge is -2.12. The molecule has 134 valence electrons. The van der Waals surface area contributed by atoms with Crippen LogP contribution >= 0.6 is 0 Å². The minimum atomic E-state index is -1.01. The Labute approximate surface area is 151 Å². The molecule has 0 fully saturated rings. The topological polar surface area (TPSA) is 89.7 Å². The third-order valence-corrected chi connectivity index (χ3v) is 4.10. The number of halogens is 1. The van der Waals surface area contributed by atoms with E-state index in [4.69, 9.17) is 9.36 Å². The number of nitrogens with zero attached hydrogens (tertiary/aromatic N) is 2. The first kappa shape index (κ1) is 16.6. The third-order valence-electron chi connectivity index (χ3n) is 4.10. The molecular weight excluding hydrogens is 355 g/mol. The van der Waals surface area contributed by atoms with Gasteiger partial charge < -0.3 is 9.36 Å². The summed E-state index contributed by atoms with van der Waals surface area (Å²) in [5.74, 6) is -2.91. The number of carbonyl (C=O) groups is 3. The molecule has 2 amide bonds. The minimum Gasteiger partial charge on any atom is -0.360 e. The van der Waals surface area contributed by atoms with Crippen LogP contribution in [0.1, 0.15) is 36.8 Å². The maximum Gasteiger partial charge on any atom is 0.369 e. The first-order valence-electron chi connectivity index (χ1n) is 7.89. The van der Waals surface area contributed by atoms with Gasteiger partial charge in [0.25, 0.3) is 11.8 Å². The summed E-state index contributed by atoms with van der Waals surface area (Å²) in [7, 11) is 0. The van der Waals surface area contributed by atoms with Crippen molar-refractivity contribution in [2.45, 2.75) is 6.92 Å². The number of rotatable bonds is 3. The molecule has 4 rings (SSSR count). The van der Waals surface area contributed by atoms with E-state index in [1.807, 2.05) is 0 Å². The van der Waals surface area contributed by atoms with Crippen LogP contribution < -0.4 is 0 Å². The molecule has 0 aliphatic carbocycles. The highest BCUT2D eigenvalue weighted by Crippen LogP contribution is 2.28. The van der Waals surface area contributed by atoms with Crippen LogP contribution in [0.3, 0.4) is 0 Å². The second-order valence-electron chi connectivity index (χ2n) is 5.80. The molecule has 7 nitrogen and oxygen atoms in total. The molecule has 27 heavy (non-hydrogen) atoms. The van der Waals surface area contributed by atoms with Gasteiger partial charge in [-0.25, -0.2) is 9.18 Å². The van der Waals surface area contributed by atoms with E-state index >= 15 is 0 Å². The molecule has 0 atom stereocenters. The molecule has 8 heteroatoms. The van der Waals surface area contributed by atoms with E-state index in [1.165, 1.54) is 37.3 Å². The quantitative estimate of drug-likeness (QED) is 0.662. The van der Waals surface area contributed by atoms with Crippen molar-refractivity contribution >= 4 is 17.8 Å². The van der Waals surface area contributed by atoms with Gasteiger partial charge in [-0.2, -0.15) is 0 Å². The molecule has 1 aliphatic heterocycles. The highest BCUT2D eigenvalue weighted by molar-refractivity contribution is 6.21. The Kier molecular flexibility index (Phi) is 3.80. The van der Waals surface area contributed by atoms with Gasteiger partial charge in [0.2, 0.25) is 0 Å². The molecule has 0 N–H and O–H groups in total. The van der Waals surface area contributed by atoms with Gasteiger partial charge in [0.15, 0.2) is 0 Å². The van der Waals surface area contributed by atoms with Crippen molar-refractivity contribution in [3.8, 4) is 11.3 Å². The largest absolute Gasteiger partial charge is 0.369 e. The maximum absolute atomic E-state index is 13.5. The number of hydroxylamine groups is 2. The van der Waals surface area contributed by atoms with Crippen LogP contribution in [0.25, 0.3) is 11.3 Å². The predicted molar refractivity (Wildman–Crippen MR) is 89.0 cm³/mol. The van der Waals surface area contributed by atoms with Crippen molar-refractivity contribution in [3.05, 3.63) is 76.8 Å². The van der Waals surface area contributed by atoms with Crippen molar-refractivity contribution in [1.29, 1.82) is 0 Å². The van der Waals surface area contributed by atoms with Crippen molar-refractivity contribution in [1.82, 2.24) is 10.2 Å². The predicted octanol–water partition coefficient (Wildman–Crippen LogP) is 3.16. The number of hydrogen-bond acceptors (Lipinski definition) is 6. The number of carbonyl (C=O) groups excluding carboxylic acids is 3. The van der Waals surface area contributed by atoms with Gasteiger partial charge >= 0.3 is 5.97 Å². The van der Waals surface area contributed by atoms with E-state index in [0.29, 0.717) is 10.6 Å². The molecule has 0 saturated carbocycles. The monoisotopic (exact) mass is 366 g/mol. The van der Waals surface area contributed by atoms with Gasteiger partial charge in [0, 0.05) is 5.56 Å². The van der Waals surface area contributed by atoms with E-state index < -0.39 is 23.6 Å². The zero-order valence-corrected chi connectivity index (χ0v) is 13.9. The number of benzene rings is 2. The van der Waals surface area contributed by atoms with Gasteiger partial charge in [-0.3, -0.25) is 9.59 Å². The lowest BCUT2D eigenvalue weighted by Crippen LogP contribution is -2.32. The average molecular weight is 366 g/mol. The SMILES string of the molecule is Cc1onc(-c2cccc(F)c2)c1C(=O)ON1C(=O)c2ccccc2C1=O. The van der Waals surface area contributed by atoms with E-state index in [-0.39, 0.29) is 28.1 Å². The smallest absolute Gasteiger partial charge is 0.360 e. The van der Waals surface area contributed by atoms with Crippen molar-refractivity contribution in [2.24, 2.45) is 0 Å². The van der Waals surface area contributed by atoms with Gasteiger partial charge in [0.05, 0.1) is 11.1 Å². The molecule has 0 radical (unpaired) electrons. The number of fused-ring (bicyclic) bond motifs is 1. The summed E-state index contributed by atoms with van der Waals surface area (Å²) in [5.41, 5.74) is 0.525. The minimum absolute atomic E-state index is 0.0496. The van der Waals surface area contributed by atoms with Crippen LogP contribution in [0.5, 0.6) is 0 Å². The van der Waals surface area contributed by atoms with Gasteiger partial charge in [-0.1, -0.05) is 34.5 Å². The molecule has 0 spiro atoms. The highest BCUT2D eigenvalue weighted by atomic mass is 19.1.